The Hall–Kier alpha value is -0.530. The summed E-state index contributed by atoms with van der Waals surface area (Å²) < 4.78 is 5.11. The van der Waals surface area contributed by atoms with Crippen molar-refractivity contribution in [3.8, 4) is 0 Å². The van der Waals surface area contributed by atoms with Gasteiger partial charge in [-0.25, -0.2) is 0 Å². The molecule has 5 nitrogen and oxygen atoms in total. The van der Waals surface area contributed by atoms with Gasteiger partial charge in [-0.05, 0) is 38.0 Å². The van der Waals surface area contributed by atoms with Crippen molar-refractivity contribution in [1.82, 2.24) is 10.2 Å². The summed E-state index contributed by atoms with van der Waals surface area (Å²) in [6.45, 7) is 11.8. The molecule has 0 atom stereocenters. The molecule has 0 spiro atoms. The van der Waals surface area contributed by atoms with Gasteiger partial charge in [-0.2, -0.15) is 0 Å². The van der Waals surface area contributed by atoms with Crippen molar-refractivity contribution < 1.29 is 9.53 Å². The standard InChI is InChI=1S/C17H33N3O2.HI/c1-6-22-15(21)14-8-12-20(13-9-14)16(18-5)19-11-7-10-17(2,3)4;/h14H,6-13H2,1-5H3,(H,18,19);1H. The van der Waals surface area contributed by atoms with E-state index >= 15 is 0 Å². The minimum absolute atomic E-state index is 0. The van der Waals surface area contributed by atoms with Crippen molar-refractivity contribution >= 4 is 35.9 Å². The number of ether oxygens (including phenoxy) is 1. The maximum absolute atomic E-state index is 11.8. The van der Waals surface area contributed by atoms with Gasteiger partial charge in [0.25, 0.3) is 0 Å². The first-order chi connectivity index (χ1) is 10.4. The van der Waals surface area contributed by atoms with E-state index in [0.717, 1.165) is 44.9 Å². The Morgan fingerprint density at radius 2 is 1.91 bits per heavy atom. The third-order valence-electron chi connectivity index (χ3n) is 4.01. The van der Waals surface area contributed by atoms with Gasteiger partial charge in [-0.15, -0.1) is 24.0 Å². The van der Waals surface area contributed by atoms with Gasteiger partial charge in [0.2, 0.25) is 0 Å². The summed E-state index contributed by atoms with van der Waals surface area (Å²) in [4.78, 5) is 18.4. The minimum atomic E-state index is -0.0460. The lowest BCUT2D eigenvalue weighted by Crippen LogP contribution is -2.47. The second-order valence-corrected chi connectivity index (χ2v) is 7.15. The Labute approximate surface area is 158 Å². The average molecular weight is 439 g/mol. The third kappa shape index (κ3) is 8.77. The van der Waals surface area contributed by atoms with E-state index in [1.807, 2.05) is 14.0 Å². The van der Waals surface area contributed by atoms with Gasteiger partial charge in [0, 0.05) is 26.7 Å². The molecular weight excluding hydrogens is 405 g/mol. The molecule has 0 radical (unpaired) electrons. The van der Waals surface area contributed by atoms with Crippen LogP contribution in [0.4, 0.5) is 0 Å². The van der Waals surface area contributed by atoms with Gasteiger partial charge in [0.1, 0.15) is 0 Å². The first kappa shape index (κ1) is 22.5. The van der Waals surface area contributed by atoms with Crippen molar-refractivity contribution in [1.29, 1.82) is 0 Å². The van der Waals surface area contributed by atoms with Crippen LogP contribution < -0.4 is 5.32 Å². The summed E-state index contributed by atoms with van der Waals surface area (Å²) in [5.41, 5.74) is 0.378. The van der Waals surface area contributed by atoms with Crippen LogP contribution in [0.15, 0.2) is 4.99 Å². The summed E-state index contributed by atoms with van der Waals surface area (Å²) in [7, 11) is 1.82. The van der Waals surface area contributed by atoms with Crippen LogP contribution in [0, 0.1) is 11.3 Å². The number of nitrogens with one attached hydrogen (secondary N) is 1. The highest BCUT2D eigenvalue weighted by atomic mass is 127. The topological polar surface area (TPSA) is 53.9 Å². The molecule has 1 aliphatic heterocycles. The fourth-order valence-corrected chi connectivity index (χ4v) is 2.74. The number of halogens is 1. The van der Waals surface area contributed by atoms with Crippen molar-refractivity contribution in [3.63, 3.8) is 0 Å². The minimum Gasteiger partial charge on any atom is -0.466 e. The largest absolute Gasteiger partial charge is 0.466 e. The van der Waals surface area contributed by atoms with Crippen molar-refractivity contribution in [3.05, 3.63) is 0 Å². The summed E-state index contributed by atoms with van der Waals surface area (Å²) >= 11 is 0. The van der Waals surface area contributed by atoms with Crippen molar-refractivity contribution in [2.24, 2.45) is 16.3 Å². The van der Waals surface area contributed by atoms with E-state index in [0.29, 0.717) is 12.0 Å². The Kier molecular flexibility index (Phi) is 10.8. The van der Waals surface area contributed by atoms with E-state index in [2.05, 4.69) is 36.0 Å². The second kappa shape index (κ2) is 11.1. The van der Waals surface area contributed by atoms with Crippen LogP contribution in [0.2, 0.25) is 0 Å². The number of aliphatic imine (C=N–C) groups is 1. The van der Waals surface area contributed by atoms with Gasteiger partial charge in [-0.1, -0.05) is 20.8 Å². The van der Waals surface area contributed by atoms with Crippen LogP contribution in [0.25, 0.3) is 0 Å². The van der Waals surface area contributed by atoms with Gasteiger partial charge in [0.15, 0.2) is 5.96 Å². The van der Waals surface area contributed by atoms with Crippen molar-refractivity contribution in [2.45, 2.75) is 53.4 Å². The lowest BCUT2D eigenvalue weighted by molar-refractivity contribution is -0.149. The van der Waals surface area contributed by atoms with Gasteiger partial charge >= 0.3 is 5.97 Å². The summed E-state index contributed by atoms with van der Waals surface area (Å²) in [6, 6.07) is 0. The first-order valence-corrected chi connectivity index (χ1v) is 8.49. The highest BCUT2D eigenvalue weighted by molar-refractivity contribution is 14.0. The Bertz CT molecular complexity index is 373. The average Bonchev–Trinajstić information content (AvgIpc) is 2.47. The molecule has 0 aliphatic carbocycles. The van der Waals surface area contributed by atoms with Crippen molar-refractivity contribution in [2.75, 3.05) is 33.3 Å². The number of piperidine rings is 1. The number of hydrogen-bond acceptors (Lipinski definition) is 3. The molecule has 0 unspecified atom stereocenters. The smallest absolute Gasteiger partial charge is 0.309 e. The monoisotopic (exact) mass is 439 g/mol. The Morgan fingerprint density at radius 1 is 1.30 bits per heavy atom. The molecule has 1 rings (SSSR count). The summed E-state index contributed by atoms with van der Waals surface area (Å²) in [5, 5.41) is 3.44. The number of rotatable bonds is 5. The van der Waals surface area contributed by atoms with E-state index in [-0.39, 0.29) is 35.9 Å². The van der Waals surface area contributed by atoms with Crippen LogP contribution in [-0.4, -0.2) is 50.1 Å². The summed E-state index contributed by atoms with van der Waals surface area (Å²) in [6.07, 6.45) is 4.03. The number of hydrogen-bond donors (Lipinski definition) is 1. The molecule has 1 saturated heterocycles. The lowest BCUT2D eigenvalue weighted by Gasteiger charge is -2.33. The van der Waals surface area contributed by atoms with E-state index in [4.69, 9.17) is 4.74 Å². The number of nitrogens with zero attached hydrogens (tertiary/aromatic N) is 2. The number of guanidine groups is 1. The highest BCUT2D eigenvalue weighted by Crippen LogP contribution is 2.20. The number of esters is 1. The predicted molar refractivity (Wildman–Crippen MR) is 106 cm³/mol. The molecule has 0 saturated carbocycles. The molecule has 136 valence electrons. The van der Waals surface area contributed by atoms with E-state index in [1.165, 1.54) is 6.42 Å². The third-order valence-corrected chi connectivity index (χ3v) is 4.01. The zero-order chi connectivity index (χ0) is 16.6. The molecule has 1 heterocycles. The molecule has 1 fully saturated rings. The van der Waals surface area contributed by atoms with E-state index in [9.17, 15) is 4.79 Å². The highest BCUT2D eigenvalue weighted by Gasteiger charge is 2.27. The lowest BCUT2D eigenvalue weighted by atomic mass is 9.91. The maximum atomic E-state index is 11.8. The SMILES string of the molecule is CCOC(=O)C1CCN(C(=NC)NCCCC(C)(C)C)CC1.I. The molecule has 1 aliphatic rings. The van der Waals surface area contributed by atoms with Crippen LogP contribution in [0.3, 0.4) is 0 Å². The second-order valence-electron chi connectivity index (χ2n) is 7.15. The zero-order valence-corrected chi connectivity index (χ0v) is 17.7. The molecule has 0 bridgehead atoms. The quantitative estimate of drug-likeness (QED) is 0.235. The van der Waals surface area contributed by atoms with Crippen LogP contribution in [0.1, 0.15) is 53.4 Å². The van der Waals surface area contributed by atoms with E-state index < -0.39 is 0 Å². The Balaban J connectivity index is 0.00000484. The molecule has 0 aromatic heterocycles. The predicted octanol–water partition coefficient (Wildman–Crippen LogP) is 3.28. The first-order valence-electron chi connectivity index (χ1n) is 8.49. The number of carbonyl (C=O) groups is 1. The number of carbonyl (C=O) groups excluding carboxylic acids is 1. The molecule has 1 N–H and O–H groups in total. The molecule has 0 aromatic rings. The molecule has 0 aromatic carbocycles. The Morgan fingerprint density at radius 3 is 2.39 bits per heavy atom. The van der Waals surface area contributed by atoms with E-state index in [1.54, 1.807) is 0 Å². The molecule has 6 heteroatoms. The fourth-order valence-electron chi connectivity index (χ4n) is 2.74. The van der Waals surface area contributed by atoms with Crippen LogP contribution >= 0.6 is 24.0 Å². The van der Waals surface area contributed by atoms with Crippen LogP contribution in [-0.2, 0) is 9.53 Å². The normalized spacial score (nSPS) is 16.7. The maximum Gasteiger partial charge on any atom is 0.309 e. The van der Waals surface area contributed by atoms with Crippen LogP contribution in [0.5, 0.6) is 0 Å². The van der Waals surface area contributed by atoms with Gasteiger partial charge in [0.05, 0.1) is 12.5 Å². The molecule has 23 heavy (non-hydrogen) atoms. The summed E-state index contributed by atoms with van der Waals surface area (Å²) in [5.74, 6) is 0.960. The number of likely N-dealkylation sites (tertiary alicyclic amines) is 1. The molecule has 0 amide bonds. The van der Waals surface area contributed by atoms with Gasteiger partial charge in [-0.3, -0.25) is 9.79 Å². The fraction of sp³-hybridized carbons (Fsp3) is 0.882. The molecular formula is C17H34IN3O2. The van der Waals surface area contributed by atoms with Gasteiger partial charge < -0.3 is 15.0 Å². The zero-order valence-electron chi connectivity index (χ0n) is 15.4.